The number of nitrogens with one attached hydrogen (secondary N) is 1. The van der Waals surface area contributed by atoms with Crippen LogP contribution in [0.5, 0.6) is 0 Å². The molecule has 4 heteroatoms. The van der Waals surface area contributed by atoms with Gasteiger partial charge in [-0.05, 0) is 37.3 Å². The van der Waals surface area contributed by atoms with Crippen molar-refractivity contribution in [3.63, 3.8) is 0 Å². The predicted octanol–water partition coefficient (Wildman–Crippen LogP) is 4.40. The van der Waals surface area contributed by atoms with E-state index in [2.05, 4.69) is 10.5 Å². The summed E-state index contributed by atoms with van der Waals surface area (Å²) in [5, 5.41) is 6.17. The van der Waals surface area contributed by atoms with Crippen molar-refractivity contribution >= 4 is 11.4 Å². The topological polar surface area (TPSA) is 41.5 Å². The normalized spacial score (nSPS) is 11.9. The number of nitroso groups, excluding NO2 is 1. The zero-order valence-electron chi connectivity index (χ0n) is 9.93. The second kappa shape index (κ2) is 5.40. The summed E-state index contributed by atoms with van der Waals surface area (Å²) in [7, 11) is 0. The maximum Gasteiger partial charge on any atom is 0.123 e. The van der Waals surface area contributed by atoms with E-state index in [0.717, 1.165) is 16.9 Å². The van der Waals surface area contributed by atoms with E-state index in [4.69, 9.17) is 0 Å². The van der Waals surface area contributed by atoms with E-state index in [0.29, 0.717) is 0 Å². The van der Waals surface area contributed by atoms with Crippen LogP contribution >= 0.6 is 0 Å². The fourth-order valence-corrected chi connectivity index (χ4v) is 1.72. The molecule has 0 bridgehead atoms. The van der Waals surface area contributed by atoms with Crippen LogP contribution in [0.15, 0.2) is 53.7 Å². The first-order valence-electron chi connectivity index (χ1n) is 5.64. The van der Waals surface area contributed by atoms with Gasteiger partial charge in [-0.15, -0.1) is 0 Å². The molecule has 92 valence electrons. The Morgan fingerprint density at radius 1 is 1.11 bits per heavy atom. The van der Waals surface area contributed by atoms with Crippen molar-refractivity contribution in [2.75, 3.05) is 5.32 Å². The maximum absolute atomic E-state index is 12.8. The maximum atomic E-state index is 12.8. The zero-order chi connectivity index (χ0) is 13.0. The smallest absolute Gasteiger partial charge is 0.123 e. The summed E-state index contributed by atoms with van der Waals surface area (Å²) in [6.07, 6.45) is 0. The average Bonchev–Trinajstić information content (AvgIpc) is 2.41. The molecule has 0 radical (unpaired) electrons. The number of nitrogens with zero attached hydrogens (tertiary/aromatic N) is 1. The molecule has 1 unspecified atom stereocenters. The van der Waals surface area contributed by atoms with E-state index in [1.807, 2.05) is 24.3 Å². The SMILES string of the molecule is CC(N=O)c1ccccc1Nc1ccc(F)cc1. The summed E-state index contributed by atoms with van der Waals surface area (Å²) in [4.78, 5) is 10.6. The van der Waals surface area contributed by atoms with Crippen LogP contribution in [0, 0.1) is 10.7 Å². The third-order valence-electron chi connectivity index (χ3n) is 2.69. The summed E-state index contributed by atoms with van der Waals surface area (Å²) in [6.45, 7) is 1.73. The molecular weight excluding hydrogens is 231 g/mol. The minimum Gasteiger partial charge on any atom is -0.355 e. The van der Waals surface area contributed by atoms with Gasteiger partial charge in [-0.1, -0.05) is 23.4 Å². The van der Waals surface area contributed by atoms with Crippen molar-refractivity contribution in [2.45, 2.75) is 13.0 Å². The Kier molecular flexibility index (Phi) is 3.67. The van der Waals surface area contributed by atoms with Gasteiger partial charge in [0.15, 0.2) is 0 Å². The van der Waals surface area contributed by atoms with Gasteiger partial charge < -0.3 is 5.32 Å². The van der Waals surface area contributed by atoms with Crippen molar-refractivity contribution < 1.29 is 4.39 Å². The van der Waals surface area contributed by atoms with Gasteiger partial charge in [0, 0.05) is 16.9 Å². The molecule has 18 heavy (non-hydrogen) atoms. The van der Waals surface area contributed by atoms with Crippen molar-refractivity contribution in [2.24, 2.45) is 5.18 Å². The van der Waals surface area contributed by atoms with Gasteiger partial charge in [-0.3, -0.25) is 0 Å². The molecule has 2 aromatic rings. The first-order chi connectivity index (χ1) is 8.70. The molecule has 0 aliphatic heterocycles. The Labute approximate surface area is 105 Å². The molecule has 1 N–H and O–H groups in total. The molecule has 0 fully saturated rings. The number of rotatable bonds is 4. The lowest BCUT2D eigenvalue weighted by Crippen LogP contribution is -1.98. The number of halogens is 1. The molecule has 0 amide bonds. The van der Waals surface area contributed by atoms with E-state index in [-0.39, 0.29) is 5.82 Å². The summed E-state index contributed by atoms with van der Waals surface area (Å²) in [5.74, 6) is -0.281. The molecule has 1 atom stereocenters. The van der Waals surface area contributed by atoms with Gasteiger partial charge >= 0.3 is 0 Å². The number of hydrogen-bond donors (Lipinski definition) is 1. The molecule has 0 saturated carbocycles. The largest absolute Gasteiger partial charge is 0.355 e. The lowest BCUT2D eigenvalue weighted by molar-refractivity contribution is 0.628. The Morgan fingerprint density at radius 2 is 1.78 bits per heavy atom. The minimum atomic E-state index is -0.422. The van der Waals surface area contributed by atoms with Gasteiger partial charge in [0.05, 0.1) is 0 Å². The van der Waals surface area contributed by atoms with E-state index in [9.17, 15) is 9.30 Å². The molecular formula is C14H13FN2O. The Bertz CT molecular complexity index is 540. The highest BCUT2D eigenvalue weighted by molar-refractivity contribution is 5.63. The van der Waals surface area contributed by atoms with Gasteiger partial charge in [-0.25, -0.2) is 4.39 Å². The first kappa shape index (κ1) is 12.2. The molecule has 0 aromatic heterocycles. The summed E-state index contributed by atoms with van der Waals surface area (Å²) >= 11 is 0. The highest BCUT2D eigenvalue weighted by atomic mass is 19.1. The third-order valence-corrected chi connectivity index (χ3v) is 2.69. The second-order valence-corrected chi connectivity index (χ2v) is 4.00. The van der Waals surface area contributed by atoms with Crippen LogP contribution in [0.25, 0.3) is 0 Å². The molecule has 3 nitrogen and oxygen atoms in total. The number of hydrogen-bond acceptors (Lipinski definition) is 3. The highest BCUT2D eigenvalue weighted by Crippen LogP contribution is 2.27. The molecule has 0 spiro atoms. The number of para-hydroxylation sites is 1. The van der Waals surface area contributed by atoms with Crippen molar-refractivity contribution in [3.05, 3.63) is 64.8 Å². The van der Waals surface area contributed by atoms with E-state index < -0.39 is 6.04 Å². The van der Waals surface area contributed by atoms with Crippen molar-refractivity contribution in [3.8, 4) is 0 Å². The molecule has 0 saturated heterocycles. The molecule has 0 heterocycles. The summed E-state index contributed by atoms with van der Waals surface area (Å²) in [5.41, 5.74) is 2.38. The van der Waals surface area contributed by atoms with Crippen LogP contribution in [0.2, 0.25) is 0 Å². The van der Waals surface area contributed by atoms with Crippen LogP contribution in [0.1, 0.15) is 18.5 Å². The van der Waals surface area contributed by atoms with E-state index in [1.165, 1.54) is 12.1 Å². The van der Waals surface area contributed by atoms with Gasteiger partial charge in [0.1, 0.15) is 11.9 Å². The van der Waals surface area contributed by atoms with Crippen LogP contribution < -0.4 is 5.32 Å². The molecule has 2 aromatic carbocycles. The van der Waals surface area contributed by atoms with Crippen LogP contribution in [-0.2, 0) is 0 Å². The Hall–Kier alpha value is -2.23. The number of benzene rings is 2. The molecule has 0 aliphatic carbocycles. The van der Waals surface area contributed by atoms with E-state index >= 15 is 0 Å². The van der Waals surface area contributed by atoms with Gasteiger partial charge in [0.25, 0.3) is 0 Å². The Morgan fingerprint density at radius 3 is 2.44 bits per heavy atom. The monoisotopic (exact) mass is 244 g/mol. The quantitative estimate of drug-likeness (QED) is 0.810. The predicted molar refractivity (Wildman–Crippen MR) is 70.3 cm³/mol. The highest BCUT2D eigenvalue weighted by Gasteiger charge is 2.10. The van der Waals surface area contributed by atoms with Gasteiger partial charge in [0.2, 0.25) is 0 Å². The summed E-state index contributed by atoms with van der Waals surface area (Å²) in [6, 6.07) is 13.1. The lowest BCUT2D eigenvalue weighted by atomic mass is 10.1. The molecule has 2 rings (SSSR count). The minimum absolute atomic E-state index is 0.281. The average molecular weight is 244 g/mol. The Balaban J connectivity index is 2.28. The van der Waals surface area contributed by atoms with Gasteiger partial charge in [-0.2, -0.15) is 4.91 Å². The zero-order valence-corrected chi connectivity index (χ0v) is 9.93. The third kappa shape index (κ3) is 2.71. The molecule has 0 aliphatic rings. The van der Waals surface area contributed by atoms with Crippen LogP contribution in [-0.4, -0.2) is 0 Å². The first-order valence-corrected chi connectivity index (χ1v) is 5.64. The number of anilines is 2. The van der Waals surface area contributed by atoms with E-state index in [1.54, 1.807) is 19.1 Å². The van der Waals surface area contributed by atoms with Crippen LogP contribution in [0.4, 0.5) is 15.8 Å². The van der Waals surface area contributed by atoms with Crippen molar-refractivity contribution in [1.29, 1.82) is 0 Å². The second-order valence-electron chi connectivity index (χ2n) is 4.00. The standard InChI is InChI=1S/C14H13FN2O/c1-10(17-18)13-4-2-3-5-14(13)16-12-8-6-11(15)7-9-12/h2-10,16H,1H3. The lowest BCUT2D eigenvalue weighted by Gasteiger charge is -2.13. The van der Waals surface area contributed by atoms with Crippen LogP contribution in [0.3, 0.4) is 0 Å². The van der Waals surface area contributed by atoms with Crippen molar-refractivity contribution in [1.82, 2.24) is 0 Å². The fourth-order valence-electron chi connectivity index (χ4n) is 1.72. The fraction of sp³-hybridized carbons (Fsp3) is 0.143. The summed E-state index contributed by atoms with van der Waals surface area (Å²) < 4.78 is 12.8.